The summed E-state index contributed by atoms with van der Waals surface area (Å²) in [6, 6.07) is 1.14. The molecular formula is C14H18F2N2O3. The van der Waals surface area contributed by atoms with Gasteiger partial charge in [-0.25, -0.2) is 18.4 Å². The van der Waals surface area contributed by atoms with Crippen molar-refractivity contribution < 1.29 is 23.5 Å². The molecule has 0 aromatic heterocycles. The van der Waals surface area contributed by atoms with Gasteiger partial charge in [0.05, 0.1) is 0 Å². The molecule has 21 heavy (non-hydrogen) atoms. The van der Waals surface area contributed by atoms with Gasteiger partial charge in [0.2, 0.25) is 0 Å². The number of hydrogen-bond acceptors (Lipinski definition) is 2. The molecule has 7 heteroatoms. The molecule has 0 unspecified atom stereocenters. The third kappa shape index (κ3) is 5.76. The van der Waals surface area contributed by atoms with Gasteiger partial charge in [-0.1, -0.05) is 13.8 Å². The molecule has 0 aliphatic rings. The number of benzene rings is 1. The van der Waals surface area contributed by atoms with E-state index in [0.29, 0.717) is 0 Å². The van der Waals surface area contributed by atoms with Crippen LogP contribution in [0.25, 0.3) is 0 Å². The highest BCUT2D eigenvalue weighted by atomic mass is 19.1. The smallest absolute Gasteiger partial charge is 0.326 e. The third-order valence-corrected chi connectivity index (χ3v) is 2.76. The predicted octanol–water partition coefficient (Wildman–Crippen LogP) is 2.26. The number of aliphatic carboxylic acids is 1. The van der Waals surface area contributed by atoms with Crippen LogP contribution in [0.2, 0.25) is 0 Å². The number of carboxylic acids is 1. The Morgan fingerprint density at radius 3 is 2.52 bits per heavy atom. The molecule has 5 nitrogen and oxygen atoms in total. The highest BCUT2D eigenvalue weighted by Gasteiger charge is 2.20. The second-order valence-corrected chi connectivity index (χ2v) is 5.08. The Morgan fingerprint density at radius 1 is 1.29 bits per heavy atom. The Labute approximate surface area is 121 Å². The van der Waals surface area contributed by atoms with E-state index >= 15 is 0 Å². The molecule has 0 spiro atoms. The quantitative estimate of drug-likeness (QED) is 0.754. The van der Waals surface area contributed by atoms with E-state index < -0.39 is 29.7 Å². The second-order valence-electron chi connectivity index (χ2n) is 5.08. The maximum Gasteiger partial charge on any atom is 0.326 e. The summed E-state index contributed by atoms with van der Waals surface area (Å²) in [5.41, 5.74) is -0.0131. The highest BCUT2D eigenvalue weighted by Crippen LogP contribution is 2.09. The molecule has 1 atom stereocenters. The Kier molecular flexibility index (Phi) is 6.08. The van der Waals surface area contributed by atoms with Crippen LogP contribution >= 0.6 is 0 Å². The molecular weight excluding hydrogens is 282 g/mol. The molecule has 0 saturated carbocycles. The molecule has 1 aromatic rings. The molecule has 0 bridgehead atoms. The van der Waals surface area contributed by atoms with Crippen LogP contribution in [0.4, 0.5) is 13.6 Å². The summed E-state index contributed by atoms with van der Waals surface area (Å²) < 4.78 is 26.3. The second kappa shape index (κ2) is 7.56. The summed E-state index contributed by atoms with van der Waals surface area (Å²) in [7, 11) is 0. The summed E-state index contributed by atoms with van der Waals surface area (Å²) >= 11 is 0. The first-order valence-corrected chi connectivity index (χ1v) is 6.50. The van der Waals surface area contributed by atoms with Gasteiger partial charge in [-0.3, -0.25) is 0 Å². The van der Waals surface area contributed by atoms with E-state index in [1.54, 1.807) is 0 Å². The van der Waals surface area contributed by atoms with Crippen molar-refractivity contribution in [2.24, 2.45) is 5.92 Å². The SMILES string of the molecule is CC(C)C[C@@H](NC(=O)NCc1cc(F)ccc1F)C(=O)O. The summed E-state index contributed by atoms with van der Waals surface area (Å²) in [6.07, 6.45) is 0.275. The molecule has 0 fully saturated rings. The summed E-state index contributed by atoms with van der Waals surface area (Å²) in [6.45, 7) is 3.43. The summed E-state index contributed by atoms with van der Waals surface area (Å²) in [5, 5.41) is 13.6. The average molecular weight is 300 g/mol. The zero-order valence-electron chi connectivity index (χ0n) is 11.8. The van der Waals surface area contributed by atoms with Gasteiger partial charge >= 0.3 is 12.0 Å². The Bertz CT molecular complexity index is 521. The number of rotatable bonds is 6. The Balaban J connectivity index is 2.56. The Hall–Kier alpha value is -2.18. The summed E-state index contributed by atoms with van der Waals surface area (Å²) in [5.74, 6) is -2.31. The lowest BCUT2D eigenvalue weighted by molar-refractivity contribution is -0.139. The number of carbonyl (C=O) groups is 2. The van der Waals surface area contributed by atoms with Crippen LogP contribution in [0, 0.1) is 17.6 Å². The average Bonchev–Trinajstić information content (AvgIpc) is 2.38. The summed E-state index contributed by atoms with van der Waals surface area (Å²) in [4.78, 5) is 22.6. The van der Waals surface area contributed by atoms with E-state index in [9.17, 15) is 18.4 Å². The molecule has 2 amide bonds. The van der Waals surface area contributed by atoms with Crippen LogP contribution in [0.15, 0.2) is 18.2 Å². The monoisotopic (exact) mass is 300 g/mol. The van der Waals surface area contributed by atoms with Crippen molar-refractivity contribution >= 4 is 12.0 Å². The molecule has 0 aliphatic heterocycles. The van der Waals surface area contributed by atoms with Gasteiger partial charge in [0.15, 0.2) is 0 Å². The first kappa shape index (κ1) is 16.9. The van der Waals surface area contributed by atoms with Crippen LogP contribution < -0.4 is 10.6 Å². The van der Waals surface area contributed by atoms with E-state index in [4.69, 9.17) is 5.11 Å². The topological polar surface area (TPSA) is 78.4 Å². The molecule has 0 heterocycles. The van der Waals surface area contributed by atoms with E-state index in [2.05, 4.69) is 10.6 Å². The van der Waals surface area contributed by atoms with Crippen LogP contribution in [-0.4, -0.2) is 23.1 Å². The van der Waals surface area contributed by atoms with Crippen LogP contribution in [0.3, 0.4) is 0 Å². The lowest BCUT2D eigenvalue weighted by atomic mass is 10.0. The van der Waals surface area contributed by atoms with Crippen molar-refractivity contribution in [3.8, 4) is 0 Å². The number of hydrogen-bond donors (Lipinski definition) is 3. The van der Waals surface area contributed by atoms with Gasteiger partial charge in [0.1, 0.15) is 17.7 Å². The minimum atomic E-state index is -1.14. The number of halogens is 2. The van der Waals surface area contributed by atoms with Crippen LogP contribution in [0.1, 0.15) is 25.8 Å². The number of nitrogens with one attached hydrogen (secondary N) is 2. The lowest BCUT2D eigenvalue weighted by Crippen LogP contribution is -2.46. The van der Waals surface area contributed by atoms with Gasteiger partial charge < -0.3 is 15.7 Å². The van der Waals surface area contributed by atoms with Crippen molar-refractivity contribution in [1.29, 1.82) is 0 Å². The van der Waals surface area contributed by atoms with E-state index in [0.717, 1.165) is 18.2 Å². The first-order valence-electron chi connectivity index (χ1n) is 6.50. The van der Waals surface area contributed by atoms with Gasteiger partial charge in [-0.05, 0) is 30.5 Å². The number of carboxylic acid groups (broad SMARTS) is 1. The lowest BCUT2D eigenvalue weighted by Gasteiger charge is -2.17. The van der Waals surface area contributed by atoms with E-state index in [-0.39, 0.29) is 24.4 Å². The van der Waals surface area contributed by atoms with Crippen LogP contribution in [-0.2, 0) is 11.3 Å². The van der Waals surface area contributed by atoms with Crippen molar-refractivity contribution in [3.63, 3.8) is 0 Å². The zero-order valence-corrected chi connectivity index (χ0v) is 11.8. The standard InChI is InChI=1S/C14H18F2N2O3/c1-8(2)5-12(13(19)20)18-14(21)17-7-9-6-10(15)3-4-11(9)16/h3-4,6,8,12H,5,7H2,1-2H3,(H,19,20)(H2,17,18,21)/t12-/m1/s1. The molecule has 1 aromatic carbocycles. The molecule has 0 saturated heterocycles. The van der Waals surface area contributed by atoms with Gasteiger partial charge in [-0.2, -0.15) is 0 Å². The molecule has 3 N–H and O–H groups in total. The molecule has 0 radical (unpaired) electrons. The minimum absolute atomic E-state index is 0.0131. The van der Waals surface area contributed by atoms with Crippen molar-refractivity contribution in [1.82, 2.24) is 10.6 Å². The molecule has 116 valence electrons. The number of urea groups is 1. The van der Waals surface area contributed by atoms with Crippen LogP contribution in [0.5, 0.6) is 0 Å². The van der Waals surface area contributed by atoms with Gasteiger partial charge in [0, 0.05) is 12.1 Å². The van der Waals surface area contributed by atoms with Gasteiger partial charge in [0.25, 0.3) is 0 Å². The maximum absolute atomic E-state index is 13.4. The van der Waals surface area contributed by atoms with Crippen molar-refractivity contribution in [2.45, 2.75) is 32.9 Å². The fraction of sp³-hybridized carbons (Fsp3) is 0.429. The number of amides is 2. The van der Waals surface area contributed by atoms with Gasteiger partial charge in [-0.15, -0.1) is 0 Å². The fourth-order valence-electron chi connectivity index (χ4n) is 1.76. The molecule has 1 rings (SSSR count). The van der Waals surface area contributed by atoms with Crippen molar-refractivity contribution in [3.05, 3.63) is 35.4 Å². The third-order valence-electron chi connectivity index (χ3n) is 2.76. The van der Waals surface area contributed by atoms with E-state index in [1.807, 2.05) is 13.8 Å². The normalized spacial score (nSPS) is 12.0. The largest absolute Gasteiger partial charge is 0.480 e. The Morgan fingerprint density at radius 2 is 1.95 bits per heavy atom. The molecule has 0 aliphatic carbocycles. The first-order chi connectivity index (χ1) is 9.79. The zero-order chi connectivity index (χ0) is 16.0. The minimum Gasteiger partial charge on any atom is -0.480 e. The fourth-order valence-corrected chi connectivity index (χ4v) is 1.76. The predicted molar refractivity (Wildman–Crippen MR) is 72.6 cm³/mol. The van der Waals surface area contributed by atoms with Crippen molar-refractivity contribution in [2.75, 3.05) is 0 Å². The number of carbonyl (C=O) groups excluding carboxylic acids is 1. The highest BCUT2D eigenvalue weighted by molar-refractivity contribution is 5.82. The van der Waals surface area contributed by atoms with E-state index in [1.165, 1.54) is 0 Å². The maximum atomic E-state index is 13.4.